The molecule has 4 bridgehead atoms. The van der Waals surface area contributed by atoms with Gasteiger partial charge in [0.2, 0.25) is 0 Å². The van der Waals surface area contributed by atoms with E-state index in [1.54, 1.807) is 22.3 Å². The van der Waals surface area contributed by atoms with Gasteiger partial charge in [0.25, 0.3) is 0 Å². The second kappa shape index (κ2) is 25.7. The largest absolute Gasteiger partial charge is 0.342 e. The van der Waals surface area contributed by atoms with Crippen LogP contribution in [0, 0.1) is 196 Å². The number of hydrogen-bond acceptors (Lipinski definition) is 5. The van der Waals surface area contributed by atoms with E-state index >= 15 is 0 Å². The Morgan fingerprint density at radius 2 is 0.402 bits per heavy atom. The van der Waals surface area contributed by atoms with Crippen molar-refractivity contribution >= 4 is 131 Å². The molecule has 0 amide bonds. The summed E-state index contributed by atoms with van der Waals surface area (Å²) in [5.74, 6) is 1.91. The van der Waals surface area contributed by atoms with E-state index in [4.69, 9.17) is 9.47 Å². The number of hydrogen-bond donors (Lipinski definition) is 0. The molecule has 7 aliphatic rings. The second-order valence-electron chi connectivity index (χ2n) is 42.0. The maximum atomic E-state index is 7.86. The van der Waals surface area contributed by atoms with Gasteiger partial charge in [0, 0.05) is 139 Å². The zero-order chi connectivity index (χ0) is 88.3. The van der Waals surface area contributed by atoms with Crippen molar-refractivity contribution in [2.75, 3.05) is 21.1 Å². The number of benzene rings is 9. The molecule has 6 aromatic heterocycles. The Bertz CT molecular complexity index is 7050. The highest BCUT2D eigenvalue weighted by Gasteiger charge is 2.59. The minimum atomic E-state index is -0.520. The van der Waals surface area contributed by atoms with E-state index in [9.17, 15) is 0 Å². The summed E-state index contributed by atoms with van der Waals surface area (Å²) in [6, 6.07) is 2.05. The summed E-state index contributed by atoms with van der Waals surface area (Å²) in [7, 11) is 11.6. The van der Waals surface area contributed by atoms with Gasteiger partial charge in [-0.25, -0.2) is 0 Å². The van der Waals surface area contributed by atoms with Gasteiger partial charge >= 0.3 is 0 Å². The first-order valence-corrected chi connectivity index (χ1v) is 46.6. The molecule has 122 heavy (non-hydrogen) atoms. The van der Waals surface area contributed by atoms with Crippen LogP contribution in [-0.2, 0) is 35.0 Å². The fourth-order valence-corrected chi connectivity index (χ4v) is 27.9. The molecule has 11 heteroatoms. The number of fused-ring (bicyclic) bond motifs is 36. The van der Waals surface area contributed by atoms with Gasteiger partial charge in [-0.2, -0.15) is 0 Å². The van der Waals surface area contributed by atoms with Gasteiger partial charge in [0.15, 0.2) is 0 Å². The zero-order valence-electron chi connectivity index (χ0n) is 82.3. The highest BCUT2D eigenvalue weighted by atomic mass is 16.6. The molecule has 7 aliphatic heterocycles. The molecule has 0 aliphatic carbocycles. The first-order valence-electron chi connectivity index (χ1n) is 46.6. The standard InChI is InChI=1S/C41H53N3O.C37H45N3O.C33H41N3/c1-17-19(3)23(7)36-30(21(17)5)34-32-28(12)42(16)29(13)33(32)35-31-22(6)18(2)20(4)24(8)37(31)44-39(35)38(34)43(36)40(14)26(10)25(9)27(11)41(44,15)45-40;1-14-16(3)20(7)32-26(18(14)5)30-28-24(11)38(13)25(12)29(28)31-27-19(6)15(2)17(4)21(8)33(27)40-35(31)34(30)39(32)36-22(9)23(10)37(40)41-36;1-14-16(3)20(7)30-24(18(14)5)28-26-22(9)34(11)23(10)27(26)29-25-19(6)15(2)17(4)21(8)31(25)36(13)33(29)32(28)35(30)12/h25-29H,1-16H3;22-25,36-37H,1-13H3;22-23H,1-13H3. The molecule has 0 spiro atoms. The van der Waals surface area contributed by atoms with Crippen LogP contribution in [0.1, 0.15) is 306 Å². The molecule has 0 saturated carbocycles. The Labute approximate surface area is 726 Å². The monoisotopic (exact) mass is 1630 g/mol. The predicted molar refractivity (Wildman–Crippen MR) is 520 cm³/mol. The van der Waals surface area contributed by atoms with Crippen LogP contribution < -0.4 is 0 Å². The molecule has 11 nitrogen and oxygen atoms in total. The van der Waals surface area contributed by atoms with E-state index in [-0.39, 0.29) is 12.5 Å². The number of ether oxygens (including phenoxy) is 2. The van der Waals surface area contributed by atoms with Gasteiger partial charge in [0.1, 0.15) is 23.9 Å². The van der Waals surface area contributed by atoms with Crippen LogP contribution in [0.15, 0.2) is 0 Å². The number of aromatic nitrogens is 6. The number of aryl methyl sites for hydroxylation is 14. The number of nitrogens with zero attached hydrogens (tertiary/aromatic N) is 9. The number of rotatable bonds is 0. The summed E-state index contributed by atoms with van der Waals surface area (Å²) in [5, 5.41) is 17.6. The van der Waals surface area contributed by atoms with Crippen LogP contribution in [0.2, 0.25) is 0 Å². The minimum absolute atomic E-state index is 0.0196. The van der Waals surface area contributed by atoms with E-state index in [2.05, 4.69) is 334 Å². The first-order chi connectivity index (χ1) is 57.1. The Morgan fingerprint density at radius 1 is 0.205 bits per heavy atom. The zero-order valence-corrected chi connectivity index (χ0v) is 82.3. The van der Waals surface area contributed by atoms with Crippen molar-refractivity contribution in [1.29, 1.82) is 0 Å². The van der Waals surface area contributed by atoms with Crippen molar-refractivity contribution in [1.82, 2.24) is 42.1 Å². The lowest BCUT2D eigenvalue weighted by atomic mass is 9.71. The van der Waals surface area contributed by atoms with Crippen LogP contribution in [0.25, 0.3) is 131 Å². The van der Waals surface area contributed by atoms with Crippen LogP contribution in [0.3, 0.4) is 0 Å². The van der Waals surface area contributed by atoms with Crippen LogP contribution in [0.5, 0.6) is 0 Å². The van der Waals surface area contributed by atoms with Gasteiger partial charge < -0.3 is 36.9 Å². The van der Waals surface area contributed by atoms with Crippen molar-refractivity contribution < 1.29 is 9.47 Å². The molecule has 14 unspecified atom stereocenters. The maximum absolute atomic E-state index is 7.86. The van der Waals surface area contributed by atoms with E-state index in [1.807, 2.05) is 0 Å². The fourth-order valence-electron chi connectivity index (χ4n) is 27.9. The lowest BCUT2D eigenvalue weighted by Crippen LogP contribution is -2.58. The van der Waals surface area contributed by atoms with Gasteiger partial charge in [-0.15, -0.1) is 0 Å². The van der Waals surface area contributed by atoms with E-state index < -0.39 is 11.4 Å². The maximum Gasteiger partial charge on any atom is 0.148 e. The SMILES string of the molecule is Cc1c(C)c(C)c2c(c1C)c1c3c(c4c5c(C)c(C)c(C)c(C)c5n(C)c4c1n2C)C(C)N(C)C3C.Cc1c(C)c(C)c2c(c1C)c1c3c(c4c5c(C)c(C)c(C)c(C)c5n5c4c1n2C1(C)OC5(C)C(C)C(C)C1C)C(C)N(C)C3C.Cc1c(C)c(C)c2c(c1C)c1c3c(c4c5c(C)c(C)c(C)c(C)c5n5c4c1n2C1OC5C(C)C1C)C(C)N(C)C3C. The summed E-state index contributed by atoms with van der Waals surface area (Å²) < 4.78 is 31.1. The summed E-state index contributed by atoms with van der Waals surface area (Å²) in [6.45, 7) is 87.7. The third-order valence-corrected chi connectivity index (χ3v) is 38.5. The van der Waals surface area contributed by atoms with Gasteiger partial charge in [0.05, 0.1) is 66.2 Å². The Morgan fingerprint density at radius 3 is 0.656 bits per heavy atom. The highest BCUT2D eigenvalue weighted by molar-refractivity contribution is 6.31. The summed E-state index contributed by atoms with van der Waals surface area (Å²) in [5.41, 5.74) is 59.1. The third-order valence-electron chi connectivity index (χ3n) is 38.5. The molecule has 15 aromatic rings. The first kappa shape index (κ1) is 81.9. The Hall–Kier alpha value is -8.42. The van der Waals surface area contributed by atoms with Crippen molar-refractivity contribution in [3.05, 3.63) is 167 Å². The summed E-state index contributed by atoms with van der Waals surface area (Å²) in [6.07, 6.45) is 0.0393. The molecular weight excluding hydrogens is 1490 g/mol. The molecule has 2 fully saturated rings. The van der Waals surface area contributed by atoms with Gasteiger partial charge in [-0.3, -0.25) is 14.7 Å². The van der Waals surface area contributed by atoms with E-state index in [0.717, 1.165) is 0 Å². The lowest BCUT2D eigenvalue weighted by molar-refractivity contribution is -0.307. The van der Waals surface area contributed by atoms with Crippen molar-refractivity contribution in [3.63, 3.8) is 0 Å². The molecule has 13 heterocycles. The topological polar surface area (TPSA) is 57.8 Å². The van der Waals surface area contributed by atoms with Crippen molar-refractivity contribution in [3.8, 4) is 0 Å². The smallest absolute Gasteiger partial charge is 0.148 e. The summed E-state index contributed by atoms with van der Waals surface area (Å²) >= 11 is 0. The molecule has 22 rings (SSSR count). The Kier molecular flexibility index (Phi) is 17.2. The predicted octanol–water partition coefficient (Wildman–Crippen LogP) is 29.0. The normalized spacial score (nSPS) is 26.3. The van der Waals surface area contributed by atoms with Crippen molar-refractivity contribution in [2.24, 2.45) is 43.7 Å². The summed E-state index contributed by atoms with van der Waals surface area (Å²) in [4.78, 5) is 7.79. The van der Waals surface area contributed by atoms with Crippen LogP contribution in [-0.4, -0.2) is 63.2 Å². The molecular formula is C111H139N9O2. The quantitative estimate of drug-likeness (QED) is 0.151. The molecule has 0 radical (unpaired) electrons. The molecule has 14 atom stereocenters. The van der Waals surface area contributed by atoms with E-state index in [0.29, 0.717) is 65.8 Å². The fraction of sp³-hybridized carbons (Fsp3) is 0.514. The van der Waals surface area contributed by atoms with Crippen molar-refractivity contribution in [2.45, 2.75) is 316 Å². The van der Waals surface area contributed by atoms with Gasteiger partial charge in [-0.1, -0.05) is 34.6 Å². The second-order valence-corrected chi connectivity index (χ2v) is 42.0. The molecule has 0 N–H and O–H groups in total. The van der Waals surface area contributed by atoms with Crippen LogP contribution in [0.4, 0.5) is 0 Å². The average molecular weight is 1630 g/mol. The molecule has 9 aromatic carbocycles. The van der Waals surface area contributed by atoms with Gasteiger partial charge in [-0.05, 0) is 416 Å². The Balaban J connectivity index is 0.000000117. The molecule has 640 valence electrons. The highest BCUT2D eigenvalue weighted by Crippen LogP contribution is 2.66. The third kappa shape index (κ3) is 8.99. The van der Waals surface area contributed by atoms with Crippen LogP contribution >= 0.6 is 0 Å². The minimum Gasteiger partial charge on any atom is -0.342 e. The average Bonchev–Trinajstić information content (AvgIpc) is 1.48. The molecule has 2 saturated heterocycles. The lowest BCUT2D eigenvalue weighted by Gasteiger charge is -2.55. The van der Waals surface area contributed by atoms with E-state index in [1.165, 1.54) is 275 Å².